The molecule has 3 heteroatoms. The van der Waals surface area contributed by atoms with Crippen LogP contribution in [0, 0.1) is 17.3 Å². The number of phenols is 1. The van der Waals surface area contributed by atoms with Gasteiger partial charge in [0.05, 0.1) is 11.6 Å². The van der Waals surface area contributed by atoms with E-state index >= 15 is 0 Å². The number of rotatable bonds is 3. The molecule has 0 radical (unpaired) electrons. The fourth-order valence-electron chi connectivity index (χ4n) is 2.95. The number of benzene rings is 1. The van der Waals surface area contributed by atoms with Gasteiger partial charge < -0.3 is 9.84 Å². The summed E-state index contributed by atoms with van der Waals surface area (Å²) < 4.78 is 6.10. The Hall–Kier alpha value is -1.22. The Balaban J connectivity index is 2.37. The predicted molar refractivity (Wildman–Crippen MR) is 90.8 cm³/mol. The van der Waals surface area contributed by atoms with Crippen molar-refractivity contribution in [1.82, 2.24) is 0 Å². The number of ether oxygens (including phenoxy) is 1. The van der Waals surface area contributed by atoms with Gasteiger partial charge in [0.15, 0.2) is 0 Å². The first-order valence-corrected chi connectivity index (χ1v) is 7.99. The van der Waals surface area contributed by atoms with Gasteiger partial charge in [-0.05, 0) is 57.3 Å². The highest BCUT2D eigenvalue weighted by Crippen LogP contribution is 2.46. The Kier molecular flexibility index (Phi) is 4.52. The molecule has 2 nitrogen and oxygen atoms in total. The molecule has 0 heterocycles. The minimum Gasteiger partial charge on any atom is -0.508 e. The van der Waals surface area contributed by atoms with Crippen LogP contribution in [0.15, 0.2) is 40.9 Å². The molecule has 2 atom stereocenters. The summed E-state index contributed by atoms with van der Waals surface area (Å²) in [7, 11) is 1.63. The molecular weight excluding hydrogens is 328 g/mol. The fraction of sp³-hybridized carbons (Fsp3) is 0.444. The molecule has 2 rings (SSSR count). The van der Waals surface area contributed by atoms with Crippen LogP contribution in [0.25, 0.3) is 0 Å². The third kappa shape index (κ3) is 3.03. The van der Waals surface area contributed by atoms with E-state index in [0.717, 1.165) is 27.8 Å². The van der Waals surface area contributed by atoms with Crippen LogP contribution in [-0.4, -0.2) is 12.2 Å². The van der Waals surface area contributed by atoms with Gasteiger partial charge in [0.2, 0.25) is 0 Å². The summed E-state index contributed by atoms with van der Waals surface area (Å²) in [4.78, 5) is 0. The summed E-state index contributed by atoms with van der Waals surface area (Å²) in [5, 5.41) is 10.2. The Morgan fingerprint density at radius 1 is 1.38 bits per heavy atom. The van der Waals surface area contributed by atoms with Gasteiger partial charge in [0, 0.05) is 0 Å². The molecule has 0 amide bonds. The first kappa shape index (κ1) is 16.2. The maximum atomic E-state index is 10.2. The van der Waals surface area contributed by atoms with E-state index in [9.17, 15) is 5.11 Å². The molecule has 0 bridgehead atoms. The lowest BCUT2D eigenvalue weighted by Gasteiger charge is -2.42. The summed E-state index contributed by atoms with van der Waals surface area (Å²) in [5.41, 5.74) is 2.13. The standard InChI is InChI=1S/C18H23BrO2/c1-11-6-7-12(2)18(3,4)14(11)8-13-9-17(21-5)15(19)10-16(13)20/h6-7,9-10,12,14,20H,1,8H2,2-5H3/t12?,14-/m1/s1. The van der Waals surface area contributed by atoms with Gasteiger partial charge in [0.25, 0.3) is 0 Å². The van der Waals surface area contributed by atoms with Crippen molar-refractivity contribution in [3.63, 3.8) is 0 Å². The number of allylic oxidation sites excluding steroid dienone is 3. The molecule has 1 aliphatic rings. The summed E-state index contributed by atoms with van der Waals surface area (Å²) in [6, 6.07) is 3.61. The normalized spacial score (nSPS) is 24.1. The largest absolute Gasteiger partial charge is 0.508 e. The lowest BCUT2D eigenvalue weighted by Crippen LogP contribution is -2.35. The molecule has 1 aromatic carbocycles. The highest BCUT2D eigenvalue weighted by atomic mass is 79.9. The van der Waals surface area contributed by atoms with Crippen LogP contribution in [0.5, 0.6) is 11.5 Å². The molecule has 0 saturated heterocycles. The van der Waals surface area contributed by atoms with E-state index in [1.165, 1.54) is 0 Å². The smallest absolute Gasteiger partial charge is 0.133 e. The highest BCUT2D eigenvalue weighted by Gasteiger charge is 2.37. The average Bonchev–Trinajstić information content (AvgIpc) is 2.41. The van der Waals surface area contributed by atoms with Gasteiger partial charge in [-0.25, -0.2) is 0 Å². The van der Waals surface area contributed by atoms with Crippen LogP contribution in [0.4, 0.5) is 0 Å². The van der Waals surface area contributed by atoms with Crippen LogP contribution >= 0.6 is 15.9 Å². The Labute approximate surface area is 135 Å². The van der Waals surface area contributed by atoms with E-state index in [0.29, 0.717) is 17.6 Å². The zero-order valence-electron chi connectivity index (χ0n) is 13.1. The second-order valence-electron chi connectivity index (χ2n) is 6.42. The van der Waals surface area contributed by atoms with Crippen molar-refractivity contribution in [2.24, 2.45) is 17.3 Å². The van der Waals surface area contributed by atoms with E-state index < -0.39 is 0 Å². The molecule has 1 aromatic rings. The van der Waals surface area contributed by atoms with Crippen molar-refractivity contribution in [1.29, 1.82) is 0 Å². The number of phenolic OH excluding ortho intramolecular Hbond substituents is 1. The minimum absolute atomic E-state index is 0.110. The second kappa shape index (κ2) is 5.88. The highest BCUT2D eigenvalue weighted by molar-refractivity contribution is 9.10. The third-order valence-corrected chi connectivity index (χ3v) is 5.52. The maximum absolute atomic E-state index is 10.2. The molecule has 0 aliphatic heterocycles. The maximum Gasteiger partial charge on any atom is 0.133 e. The van der Waals surface area contributed by atoms with Crippen LogP contribution in [-0.2, 0) is 6.42 Å². The first-order chi connectivity index (χ1) is 9.77. The lowest BCUT2D eigenvalue weighted by molar-refractivity contribution is 0.176. The molecule has 0 saturated carbocycles. The molecule has 0 spiro atoms. The zero-order chi connectivity index (χ0) is 15.8. The lowest BCUT2D eigenvalue weighted by atomic mass is 9.62. The summed E-state index contributed by atoms with van der Waals surface area (Å²) in [5.74, 6) is 1.82. The Bertz CT molecular complexity index is 587. The minimum atomic E-state index is 0.110. The Morgan fingerprint density at radius 3 is 2.67 bits per heavy atom. The third-order valence-electron chi connectivity index (χ3n) is 4.90. The van der Waals surface area contributed by atoms with Crippen molar-refractivity contribution < 1.29 is 9.84 Å². The van der Waals surface area contributed by atoms with Crippen LogP contribution in [0.3, 0.4) is 0 Å². The SMILES string of the molecule is C=C1C=CC(C)C(C)(C)[C@@H]1Cc1cc(OC)c(Br)cc1O. The van der Waals surface area contributed by atoms with Gasteiger partial charge >= 0.3 is 0 Å². The van der Waals surface area contributed by atoms with Crippen molar-refractivity contribution >= 4 is 15.9 Å². The average molecular weight is 351 g/mol. The molecule has 21 heavy (non-hydrogen) atoms. The summed E-state index contributed by atoms with van der Waals surface area (Å²) in [6.07, 6.45) is 5.10. The number of hydrogen-bond acceptors (Lipinski definition) is 2. The quantitative estimate of drug-likeness (QED) is 0.820. The number of aromatic hydroxyl groups is 1. The van der Waals surface area contributed by atoms with E-state index in [2.05, 4.69) is 55.4 Å². The van der Waals surface area contributed by atoms with E-state index in [-0.39, 0.29) is 5.41 Å². The molecule has 0 fully saturated rings. The van der Waals surface area contributed by atoms with Crippen LogP contribution in [0.1, 0.15) is 26.3 Å². The van der Waals surface area contributed by atoms with Crippen molar-refractivity contribution in [3.05, 3.63) is 46.5 Å². The Morgan fingerprint density at radius 2 is 2.05 bits per heavy atom. The number of hydrogen-bond donors (Lipinski definition) is 1. The molecule has 1 N–H and O–H groups in total. The molecule has 1 unspecified atom stereocenters. The monoisotopic (exact) mass is 350 g/mol. The van der Waals surface area contributed by atoms with Crippen molar-refractivity contribution in [3.8, 4) is 11.5 Å². The van der Waals surface area contributed by atoms with Crippen molar-refractivity contribution in [2.45, 2.75) is 27.2 Å². The van der Waals surface area contributed by atoms with E-state index in [1.54, 1.807) is 13.2 Å². The zero-order valence-corrected chi connectivity index (χ0v) is 14.7. The summed E-state index contributed by atoms with van der Waals surface area (Å²) in [6.45, 7) is 11.0. The van der Waals surface area contributed by atoms with Gasteiger partial charge in [-0.2, -0.15) is 0 Å². The van der Waals surface area contributed by atoms with Gasteiger partial charge in [0.1, 0.15) is 11.5 Å². The van der Waals surface area contributed by atoms with Crippen LogP contribution < -0.4 is 4.74 Å². The van der Waals surface area contributed by atoms with Gasteiger partial charge in [-0.1, -0.05) is 45.1 Å². The van der Waals surface area contributed by atoms with Gasteiger partial charge in [-0.15, -0.1) is 0 Å². The van der Waals surface area contributed by atoms with Crippen LogP contribution in [0.2, 0.25) is 0 Å². The molecule has 114 valence electrons. The molecular formula is C18H23BrO2. The molecule has 0 aromatic heterocycles. The molecule has 1 aliphatic carbocycles. The van der Waals surface area contributed by atoms with E-state index in [4.69, 9.17) is 4.74 Å². The van der Waals surface area contributed by atoms with Gasteiger partial charge in [-0.3, -0.25) is 0 Å². The topological polar surface area (TPSA) is 29.5 Å². The van der Waals surface area contributed by atoms with Crippen molar-refractivity contribution in [2.75, 3.05) is 7.11 Å². The van der Waals surface area contributed by atoms with E-state index in [1.807, 2.05) is 6.07 Å². The second-order valence-corrected chi connectivity index (χ2v) is 7.27. The summed E-state index contributed by atoms with van der Waals surface area (Å²) >= 11 is 3.40. The number of methoxy groups -OCH3 is 1. The fourth-order valence-corrected chi connectivity index (χ4v) is 3.44. The predicted octanol–water partition coefficient (Wildman–Crippen LogP) is 5.11. The number of halogens is 1. The first-order valence-electron chi connectivity index (χ1n) is 7.19.